The van der Waals surface area contributed by atoms with Gasteiger partial charge in [0.2, 0.25) is 0 Å². The summed E-state index contributed by atoms with van der Waals surface area (Å²) in [5.74, 6) is 0.658. The van der Waals surface area contributed by atoms with Gasteiger partial charge in [-0.1, -0.05) is 0 Å². The van der Waals surface area contributed by atoms with Gasteiger partial charge in [0.05, 0.1) is 19.5 Å². The van der Waals surface area contributed by atoms with E-state index in [-0.39, 0.29) is 11.5 Å². The zero-order chi connectivity index (χ0) is 16.7. The maximum absolute atomic E-state index is 13.5. The Balaban J connectivity index is 1.87. The smallest absolute Gasteiger partial charge is 0.433 e. The van der Waals surface area contributed by atoms with E-state index in [1.165, 1.54) is 12.3 Å². The van der Waals surface area contributed by atoms with Gasteiger partial charge >= 0.3 is 6.18 Å². The van der Waals surface area contributed by atoms with Crippen LogP contribution in [0.4, 0.5) is 19.0 Å². The summed E-state index contributed by atoms with van der Waals surface area (Å²) in [5.41, 5.74) is -0.443. The largest absolute Gasteiger partial charge is 0.463 e. The van der Waals surface area contributed by atoms with Crippen LogP contribution in [0, 0.1) is 0 Å². The fraction of sp³-hybridized carbons (Fsp3) is 0.333. The average molecular weight is 338 g/mol. The lowest BCUT2D eigenvalue weighted by Crippen LogP contribution is -2.37. The number of hydrogen-bond donors (Lipinski definition) is 0. The van der Waals surface area contributed by atoms with Crippen LogP contribution in [-0.2, 0) is 10.9 Å². The average Bonchev–Trinajstić information content (AvgIpc) is 3.22. The molecule has 4 heterocycles. The molecule has 3 aromatic rings. The molecule has 0 radical (unpaired) electrons. The molecule has 4 rings (SSSR count). The molecule has 1 fully saturated rings. The second-order valence-electron chi connectivity index (χ2n) is 5.37. The first-order valence-electron chi connectivity index (χ1n) is 7.37. The molecule has 1 saturated heterocycles. The fourth-order valence-electron chi connectivity index (χ4n) is 2.66. The highest BCUT2D eigenvalue weighted by Gasteiger charge is 2.36. The van der Waals surface area contributed by atoms with Crippen LogP contribution in [0.25, 0.3) is 17.1 Å². The molecule has 1 aliphatic rings. The number of furan rings is 1. The molecule has 0 aromatic carbocycles. The van der Waals surface area contributed by atoms with E-state index in [2.05, 4.69) is 10.1 Å². The minimum Gasteiger partial charge on any atom is -0.463 e. The number of fused-ring (bicyclic) bond motifs is 1. The van der Waals surface area contributed by atoms with Crippen molar-refractivity contribution in [2.75, 3.05) is 31.2 Å². The molecule has 0 amide bonds. The molecule has 0 atom stereocenters. The maximum Gasteiger partial charge on any atom is 0.433 e. The predicted molar refractivity (Wildman–Crippen MR) is 78.7 cm³/mol. The second kappa shape index (κ2) is 5.52. The Hall–Kier alpha value is -2.55. The maximum atomic E-state index is 13.5. The predicted octanol–water partition coefficient (Wildman–Crippen LogP) is 2.84. The molecule has 0 spiro atoms. The van der Waals surface area contributed by atoms with Crippen LogP contribution >= 0.6 is 0 Å². The summed E-state index contributed by atoms with van der Waals surface area (Å²) in [5, 5.41) is 4.01. The number of alkyl halides is 3. The van der Waals surface area contributed by atoms with E-state index in [0.29, 0.717) is 37.8 Å². The van der Waals surface area contributed by atoms with Gasteiger partial charge in [0.15, 0.2) is 17.1 Å². The van der Waals surface area contributed by atoms with Crippen molar-refractivity contribution >= 4 is 11.5 Å². The van der Waals surface area contributed by atoms with E-state index in [9.17, 15) is 13.2 Å². The van der Waals surface area contributed by atoms with E-state index in [4.69, 9.17) is 9.15 Å². The highest BCUT2D eigenvalue weighted by atomic mass is 19.4. The van der Waals surface area contributed by atoms with Crippen molar-refractivity contribution in [3.8, 4) is 11.5 Å². The Kier molecular flexibility index (Phi) is 3.45. The number of hydrogen-bond acceptors (Lipinski definition) is 5. The van der Waals surface area contributed by atoms with Crippen molar-refractivity contribution in [3.05, 3.63) is 36.2 Å². The highest BCUT2D eigenvalue weighted by Crippen LogP contribution is 2.33. The zero-order valence-corrected chi connectivity index (χ0v) is 12.5. The van der Waals surface area contributed by atoms with Gasteiger partial charge in [0.25, 0.3) is 0 Å². The first-order valence-corrected chi connectivity index (χ1v) is 7.37. The van der Waals surface area contributed by atoms with Crippen LogP contribution < -0.4 is 4.90 Å². The Bertz CT molecular complexity index is 852. The molecule has 1 aliphatic heterocycles. The number of rotatable bonds is 2. The quantitative estimate of drug-likeness (QED) is 0.719. The van der Waals surface area contributed by atoms with Gasteiger partial charge in [0.1, 0.15) is 11.5 Å². The summed E-state index contributed by atoms with van der Waals surface area (Å²) >= 11 is 0. The molecule has 24 heavy (non-hydrogen) atoms. The van der Waals surface area contributed by atoms with Crippen LogP contribution in [0.5, 0.6) is 0 Å². The minimum atomic E-state index is -4.55. The normalized spacial score (nSPS) is 16.0. The number of anilines is 1. The number of aromatic nitrogens is 3. The van der Waals surface area contributed by atoms with Crippen molar-refractivity contribution in [2.24, 2.45) is 0 Å². The molecule has 126 valence electrons. The third kappa shape index (κ3) is 2.60. The van der Waals surface area contributed by atoms with Gasteiger partial charge in [-0.05, 0) is 12.1 Å². The van der Waals surface area contributed by atoms with Crippen molar-refractivity contribution in [1.82, 2.24) is 14.6 Å². The van der Waals surface area contributed by atoms with Crippen molar-refractivity contribution in [2.45, 2.75) is 6.18 Å². The van der Waals surface area contributed by atoms with E-state index < -0.39 is 11.9 Å². The topological polar surface area (TPSA) is 55.8 Å². The Morgan fingerprint density at radius 2 is 1.92 bits per heavy atom. The molecule has 0 saturated carbocycles. The Morgan fingerprint density at radius 3 is 2.58 bits per heavy atom. The first-order chi connectivity index (χ1) is 11.5. The lowest BCUT2D eigenvalue weighted by Gasteiger charge is -2.28. The van der Waals surface area contributed by atoms with Gasteiger partial charge < -0.3 is 14.1 Å². The molecule has 0 unspecified atom stereocenters. The molecule has 0 bridgehead atoms. The molecule has 9 heteroatoms. The van der Waals surface area contributed by atoms with Gasteiger partial charge in [-0.25, -0.2) is 9.50 Å². The van der Waals surface area contributed by atoms with Gasteiger partial charge in [-0.2, -0.15) is 18.3 Å². The summed E-state index contributed by atoms with van der Waals surface area (Å²) in [7, 11) is 0. The lowest BCUT2D eigenvalue weighted by atomic mass is 10.3. The number of nitrogens with zero attached hydrogens (tertiary/aromatic N) is 4. The fourth-order valence-corrected chi connectivity index (χ4v) is 2.66. The minimum absolute atomic E-state index is 0.123. The highest BCUT2D eigenvalue weighted by molar-refractivity contribution is 5.61. The molecule has 6 nitrogen and oxygen atoms in total. The summed E-state index contributed by atoms with van der Waals surface area (Å²) in [6.07, 6.45) is -3.11. The van der Waals surface area contributed by atoms with Gasteiger partial charge in [-0.3, -0.25) is 0 Å². The second-order valence-corrected chi connectivity index (χ2v) is 5.37. The number of halogens is 3. The monoisotopic (exact) mass is 338 g/mol. The van der Waals surface area contributed by atoms with Crippen LogP contribution in [-0.4, -0.2) is 40.9 Å². The Morgan fingerprint density at radius 1 is 1.12 bits per heavy atom. The third-order valence-corrected chi connectivity index (χ3v) is 3.81. The molecular formula is C15H13F3N4O2. The standard InChI is InChI=1S/C15H13F3N4O2/c16-15(17,18)12-9-13(21-3-6-23-7-4-21)19-14-8-10(20-22(12)14)11-2-1-5-24-11/h1-2,5,8-9H,3-4,6-7H2. The third-order valence-electron chi connectivity index (χ3n) is 3.81. The summed E-state index contributed by atoms with van der Waals surface area (Å²) in [4.78, 5) is 6.11. The van der Waals surface area contributed by atoms with Crippen molar-refractivity contribution in [3.63, 3.8) is 0 Å². The molecule has 0 N–H and O–H groups in total. The van der Waals surface area contributed by atoms with E-state index in [1.807, 2.05) is 0 Å². The SMILES string of the molecule is FC(F)(F)c1cc(N2CCOCC2)nc2cc(-c3ccco3)nn12. The Labute approximate surface area is 134 Å². The molecule has 3 aromatic heterocycles. The van der Waals surface area contributed by atoms with E-state index >= 15 is 0 Å². The van der Waals surface area contributed by atoms with Crippen LogP contribution in [0.15, 0.2) is 34.9 Å². The summed E-state index contributed by atoms with van der Waals surface area (Å²) < 4.78 is 51.6. The van der Waals surface area contributed by atoms with Crippen LogP contribution in [0.2, 0.25) is 0 Å². The van der Waals surface area contributed by atoms with Crippen LogP contribution in [0.1, 0.15) is 5.69 Å². The van der Waals surface area contributed by atoms with Crippen molar-refractivity contribution in [1.29, 1.82) is 0 Å². The first kappa shape index (κ1) is 15.0. The van der Waals surface area contributed by atoms with E-state index in [1.54, 1.807) is 17.0 Å². The van der Waals surface area contributed by atoms with Gasteiger partial charge in [-0.15, -0.1) is 0 Å². The summed E-state index contributed by atoms with van der Waals surface area (Å²) in [6, 6.07) is 5.80. The van der Waals surface area contributed by atoms with E-state index in [0.717, 1.165) is 10.6 Å². The number of ether oxygens (including phenoxy) is 1. The molecular weight excluding hydrogens is 325 g/mol. The van der Waals surface area contributed by atoms with Crippen LogP contribution in [0.3, 0.4) is 0 Å². The summed E-state index contributed by atoms with van der Waals surface area (Å²) in [6.45, 7) is 1.93. The molecule has 0 aliphatic carbocycles. The number of morpholine rings is 1. The van der Waals surface area contributed by atoms with Gasteiger partial charge in [0, 0.05) is 25.2 Å². The zero-order valence-electron chi connectivity index (χ0n) is 12.5. The van der Waals surface area contributed by atoms with Crippen molar-refractivity contribution < 1.29 is 22.3 Å². The lowest BCUT2D eigenvalue weighted by molar-refractivity contribution is -0.142.